The van der Waals surface area contributed by atoms with Gasteiger partial charge in [0.1, 0.15) is 0 Å². The molecule has 1 aromatic carbocycles. The number of nitrogens with zero attached hydrogens (tertiary/aromatic N) is 2. The Morgan fingerprint density at radius 1 is 1.14 bits per heavy atom. The van der Waals surface area contributed by atoms with Crippen LogP contribution >= 0.6 is 0 Å². The second-order valence-corrected chi connectivity index (χ2v) is 5.47. The summed E-state index contributed by atoms with van der Waals surface area (Å²) in [6.45, 7) is 9.02. The fourth-order valence-corrected chi connectivity index (χ4v) is 2.58. The number of benzene rings is 1. The molecule has 5 nitrogen and oxygen atoms in total. The highest BCUT2D eigenvalue weighted by Gasteiger charge is 2.19. The summed E-state index contributed by atoms with van der Waals surface area (Å²) in [5, 5.41) is 9.12. The molecule has 0 aliphatic carbocycles. The van der Waals surface area contributed by atoms with Gasteiger partial charge in [0.2, 0.25) is 0 Å². The highest BCUT2D eigenvalue weighted by molar-refractivity contribution is 6.00. The Morgan fingerprint density at radius 3 is 2.33 bits per heavy atom. The number of carbonyl (C=O) groups is 2. The van der Waals surface area contributed by atoms with Crippen molar-refractivity contribution < 1.29 is 14.7 Å². The van der Waals surface area contributed by atoms with Crippen molar-refractivity contribution in [2.24, 2.45) is 0 Å². The molecule has 1 aliphatic heterocycles. The van der Waals surface area contributed by atoms with Crippen molar-refractivity contribution in [2.45, 2.75) is 13.8 Å². The fraction of sp³-hybridized carbons (Fsp3) is 0.500. The van der Waals surface area contributed by atoms with E-state index in [1.54, 1.807) is 19.1 Å². The lowest BCUT2D eigenvalue weighted by atomic mass is 10.0. The first-order valence-electron chi connectivity index (χ1n) is 7.33. The summed E-state index contributed by atoms with van der Waals surface area (Å²) in [5.74, 6) is -0.999. The van der Waals surface area contributed by atoms with Crippen molar-refractivity contribution in [3.8, 4) is 0 Å². The van der Waals surface area contributed by atoms with Crippen LogP contribution in [-0.2, 0) is 0 Å². The standard InChI is InChI=1S/C16H22N2O3/c1-3-17-6-8-18(9-7-17)11-15(19)13-5-4-12(2)14(10-13)16(20)21/h4-5,10H,3,6-9,11H2,1-2H3,(H,20,21). The molecule has 1 saturated heterocycles. The number of hydrogen-bond donors (Lipinski definition) is 1. The van der Waals surface area contributed by atoms with Gasteiger partial charge in [0, 0.05) is 31.7 Å². The Balaban J connectivity index is 2.01. The first-order valence-corrected chi connectivity index (χ1v) is 7.33. The molecule has 0 radical (unpaired) electrons. The number of Topliss-reactive ketones (excluding diaryl/α,β-unsaturated/α-hetero) is 1. The number of piperazine rings is 1. The van der Waals surface area contributed by atoms with Crippen LogP contribution in [0.4, 0.5) is 0 Å². The van der Waals surface area contributed by atoms with Gasteiger partial charge in [-0.2, -0.15) is 0 Å². The van der Waals surface area contributed by atoms with Gasteiger partial charge in [0.05, 0.1) is 12.1 Å². The second kappa shape index (κ2) is 6.83. The number of carboxylic acid groups (broad SMARTS) is 1. The molecule has 5 heteroatoms. The molecular weight excluding hydrogens is 268 g/mol. The van der Waals surface area contributed by atoms with Crippen LogP contribution in [0.3, 0.4) is 0 Å². The van der Waals surface area contributed by atoms with Gasteiger partial charge in [-0.25, -0.2) is 4.79 Å². The number of carbonyl (C=O) groups excluding carboxylic acids is 1. The van der Waals surface area contributed by atoms with Crippen LogP contribution in [0.2, 0.25) is 0 Å². The van der Waals surface area contributed by atoms with Crippen LogP contribution in [0, 0.1) is 6.92 Å². The molecular formula is C16H22N2O3. The molecule has 0 unspecified atom stereocenters. The summed E-state index contributed by atoms with van der Waals surface area (Å²) < 4.78 is 0. The summed E-state index contributed by atoms with van der Waals surface area (Å²) in [5.41, 5.74) is 1.36. The van der Waals surface area contributed by atoms with Crippen molar-refractivity contribution in [1.82, 2.24) is 9.80 Å². The number of likely N-dealkylation sites (N-methyl/N-ethyl adjacent to an activating group) is 1. The second-order valence-electron chi connectivity index (χ2n) is 5.47. The Kier molecular flexibility index (Phi) is 5.09. The average molecular weight is 290 g/mol. The van der Waals surface area contributed by atoms with E-state index in [0.717, 1.165) is 32.7 Å². The third-order valence-electron chi connectivity index (χ3n) is 4.07. The van der Waals surface area contributed by atoms with Gasteiger partial charge >= 0.3 is 5.97 Å². The predicted octanol–water partition coefficient (Wildman–Crippen LogP) is 1.51. The zero-order chi connectivity index (χ0) is 15.4. The number of carboxylic acids is 1. The van der Waals surface area contributed by atoms with E-state index in [9.17, 15) is 9.59 Å². The van der Waals surface area contributed by atoms with Gasteiger partial charge in [0.25, 0.3) is 0 Å². The Hall–Kier alpha value is -1.72. The third kappa shape index (κ3) is 3.89. The molecule has 0 aromatic heterocycles. The van der Waals surface area contributed by atoms with Crippen LogP contribution in [0.5, 0.6) is 0 Å². The normalized spacial score (nSPS) is 16.9. The van der Waals surface area contributed by atoms with Gasteiger partial charge in [-0.3, -0.25) is 9.69 Å². The van der Waals surface area contributed by atoms with Crippen molar-refractivity contribution >= 4 is 11.8 Å². The highest BCUT2D eigenvalue weighted by Crippen LogP contribution is 2.13. The summed E-state index contributed by atoms with van der Waals surface area (Å²) in [6, 6.07) is 4.90. The zero-order valence-corrected chi connectivity index (χ0v) is 12.6. The molecule has 1 fully saturated rings. The molecule has 21 heavy (non-hydrogen) atoms. The summed E-state index contributed by atoms with van der Waals surface area (Å²) in [7, 11) is 0. The van der Waals surface area contributed by atoms with Crippen LogP contribution in [-0.4, -0.2) is 65.9 Å². The Morgan fingerprint density at radius 2 is 1.76 bits per heavy atom. The SMILES string of the molecule is CCN1CCN(CC(=O)c2ccc(C)c(C(=O)O)c2)CC1. The van der Waals surface area contributed by atoms with E-state index in [1.807, 2.05) is 0 Å². The lowest BCUT2D eigenvalue weighted by Crippen LogP contribution is -2.47. The van der Waals surface area contributed by atoms with E-state index in [1.165, 1.54) is 6.07 Å². The van der Waals surface area contributed by atoms with Gasteiger partial charge < -0.3 is 10.0 Å². The van der Waals surface area contributed by atoms with Crippen molar-refractivity contribution in [1.29, 1.82) is 0 Å². The fourth-order valence-electron chi connectivity index (χ4n) is 2.58. The van der Waals surface area contributed by atoms with Crippen LogP contribution in [0.1, 0.15) is 33.2 Å². The van der Waals surface area contributed by atoms with E-state index in [2.05, 4.69) is 16.7 Å². The molecule has 0 amide bonds. The highest BCUT2D eigenvalue weighted by atomic mass is 16.4. The monoisotopic (exact) mass is 290 g/mol. The average Bonchev–Trinajstić information content (AvgIpc) is 2.48. The van der Waals surface area contributed by atoms with Gasteiger partial charge in [-0.05, 0) is 25.1 Å². The summed E-state index contributed by atoms with van der Waals surface area (Å²) in [6.07, 6.45) is 0. The first-order chi connectivity index (χ1) is 10.0. The van der Waals surface area contributed by atoms with Gasteiger partial charge in [0.15, 0.2) is 5.78 Å². The van der Waals surface area contributed by atoms with Gasteiger partial charge in [-0.15, -0.1) is 0 Å². The van der Waals surface area contributed by atoms with E-state index < -0.39 is 5.97 Å². The minimum atomic E-state index is -0.987. The number of ketones is 1. The lowest BCUT2D eigenvalue weighted by molar-refractivity contribution is 0.0696. The lowest BCUT2D eigenvalue weighted by Gasteiger charge is -2.33. The minimum absolute atomic E-state index is 0.0116. The number of rotatable bonds is 5. The molecule has 0 bridgehead atoms. The molecule has 0 atom stereocenters. The Bertz CT molecular complexity index is 534. The van der Waals surface area contributed by atoms with E-state index >= 15 is 0 Å². The maximum Gasteiger partial charge on any atom is 0.335 e. The van der Waals surface area contributed by atoms with Gasteiger partial charge in [-0.1, -0.05) is 19.1 Å². The van der Waals surface area contributed by atoms with Crippen LogP contribution in [0.25, 0.3) is 0 Å². The molecule has 1 heterocycles. The smallest absolute Gasteiger partial charge is 0.335 e. The molecule has 1 aliphatic rings. The number of aryl methyl sites for hydroxylation is 1. The Labute approximate surface area is 125 Å². The van der Waals surface area contributed by atoms with Crippen molar-refractivity contribution in [3.05, 3.63) is 34.9 Å². The van der Waals surface area contributed by atoms with Crippen LogP contribution < -0.4 is 0 Å². The maximum atomic E-state index is 12.3. The van der Waals surface area contributed by atoms with Crippen molar-refractivity contribution in [2.75, 3.05) is 39.3 Å². The molecule has 1 aromatic rings. The van der Waals surface area contributed by atoms with Crippen molar-refractivity contribution in [3.63, 3.8) is 0 Å². The third-order valence-corrected chi connectivity index (χ3v) is 4.07. The molecule has 0 spiro atoms. The maximum absolute atomic E-state index is 12.3. The topological polar surface area (TPSA) is 60.9 Å². The molecule has 0 saturated carbocycles. The number of aromatic carboxylic acids is 1. The summed E-state index contributed by atoms with van der Waals surface area (Å²) in [4.78, 5) is 27.9. The summed E-state index contributed by atoms with van der Waals surface area (Å²) >= 11 is 0. The molecule has 114 valence electrons. The predicted molar refractivity (Wildman–Crippen MR) is 81.0 cm³/mol. The van der Waals surface area contributed by atoms with E-state index in [4.69, 9.17) is 5.11 Å². The van der Waals surface area contributed by atoms with E-state index in [-0.39, 0.29) is 11.3 Å². The minimum Gasteiger partial charge on any atom is -0.478 e. The zero-order valence-electron chi connectivity index (χ0n) is 12.6. The van der Waals surface area contributed by atoms with E-state index in [0.29, 0.717) is 17.7 Å². The quantitative estimate of drug-likeness (QED) is 0.833. The largest absolute Gasteiger partial charge is 0.478 e. The number of hydrogen-bond acceptors (Lipinski definition) is 4. The molecule has 2 rings (SSSR count). The molecule has 1 N–H and O–H groups in total. The van der Waals surface area contributed by atoms with Crippen LogP contribution in [0.15, 0.2) is 18.2 Å². The first kappa shape index (κ1) is 15.7.